The van der Waals surface area contributed by atoms with Crippen molar-refractivity contribution in [1.29, 1.82) is 0 Å². The molecule has 3 aliphatic rings. The number of fused-ring (bicyclic) bond motifs is 1. The van der Waals surface area contributed by atoms with Gasteiger partial charge in [0.25, 0.3) is 0 Å². The van der Waals surface area contributed by atoms with Gasteiger partial charge in [-0.1, -0.05) is 30.3 Å². The number of hydrogen-bond donors (Lipinski definition) is 0. The van der Waals surface area contributed by atoms with Gasteiger partial charge in [0.2, 0.25) is 0 Å². The van der Waals surface area contributed by atoms with Gasteiger partial charge in [0.05, 0.1) is 13.2 Å². The van der Waals surface area contributed by atoms with Gasteiger partial charge < -0.3 is 33.2 Å². The molecule has 0 spiro atoms. The van der Waals surface area contributed by atoms with Gasteiger partial charge in [-0.05, 0) is 33.3 Å². The summed E-state index contributed by atoms with van der Waals surface area (Å²) in [4.78, 5) is 0. The zero-order chi connectivity index (χ0) is 19.1. The second-order valence-corrected chi connectivity index (χ2v) is 8.02. The molecule has 5 atom stereocenters. The summed E-state index contributed by atoms with van der Waals surface area (Å²) in [5.74, 6) is -1.35. The van der Waals surface area contributed by atoms with E-state index in [0.29, 0.717) is 13.2 Å². The zero-order valence-corrected chi connectivity index (χ0v) is 16.3. The second kappa shape index (κ2) is 7.40. The Morgan fingerprint density at radius 2 is 1.74 bits per heavy atom. The maximum absolute atomic E-state index is 6.09. The lowest BCUT2D eigenvalue weighted by Crippen LogP contribution is -2.44. The molecule has 4 rings (SSSR count). The highest BCUT2D eigenvalue weighted by Gasteiger charge is 2.58. The van der Waals surface area contributed by atoms with Gasteiger partial charge in [0.15, 0.2) is 17.9 Å². The number of ether oxygens (including phenoxy) is 7. The van der Waals surface area contributed by atoms with E-state index in [1.165, 1.54) is 0 Å². The van der Waals surface area contributed by atoms with E-state index in [1.807, 2.05) is 58.0 Å². The molecule has 1 aromatic carbocycles. The van der Waals surface area contributed by atoms with Crippen LogP contribution in [-0.4, -0.2) is 55.7 Å². The molecule has 0 N–H and O–H groups in total. The summed E-state index contributed by atoms with van der Waals surface area (Å²) in [7, 11) is 0. The van der Waals surface area contributed by atoms with Crippen LogP contribution in [0.5, 0.6) is 0 Å². The van der Waals surface area contributed by atoms with Crippen LogP contribution >= 0.6 is 0 Å². The third-order valence-corrected chi connectivity index (χ3v) is 4.88. The third kappa shape index (κ3) is 4.35. The standard InChI is InChI=1S/C20H28O7/c1-19(2)23-11-14(25-19)15-16(17-18(24-15)27-20(3,4)26-17)22-12-21-10-13-8-6-5-7-9-13/h5-9,14-18H,10-12H2,1-4H3/t14?,15-,16?,17?,18-/m1/s1. The van der Waals surface area contributed by atoms with Crippen molar-refractivity contribution in [2.45, 2.75) is 76.6 Å². The van der Waals surface area contributed by atoms with Crippen LogP contribution in [0.2, 0.25) is 0 Å². The maximum Gasteiger partial charge on any atom is 0.190 e. The van der Waals surface area contributed by atoms with E-state index < -0.39 is 17.9 Å². The van der Waals surface area contributed by atoms with Crippen LogP contribution in [0, 0.1) is 0 Å². The third-order valence-electron chi connectivity index (χ3n) is 4.88. The molecular formula is C20H28O7. The number of hydrogen-bond acceptors (Lipinski definition) is 7. The summed E-state index contributed by atoms with van der Waals surface area (Å²) in [6, 6.07) is 9.97. The van der Waals surface area contributed by atoms with E-state index in [1.54, 1.807) is 0 Å². The average Bonchev–Trinajstić information content (AvgIpc) is 3.22. The molecule has 1 aromatic rings. The largest absolute Gasteiger partial charge is 0.351 e. The fourth-order valence-corrected chi connectivity index (χ4v) is 3.73. The molecule has 3 aliphatic heterocycles. The van der Waals surface area contributed by atoms with E-state index >= 15 is 0 Å². The molecule has 0 saturated carbocycles. The number of benzene rings is 1. The molecule has 7 heteroatoms. The molecule has 0 bridgehead atoms. The van der Waals surface area contributed by atoms with Crippen LogP contribution in [0.15, 0.2) is 30.3 Å². The van der Waals surface area contributed by atoms with Gasteiger partial charge in [0.1, 0.15) is 31.2 Å². The maximum atomic E-state index is 6.09. The summed E-state index contributed by atoms with van der Waals surface area (Å²) in [5.41, 5.74) is 1.09. The van der Waals surface area contributed by atoms with Crippen molar-refractivity contribution < 1.29 is 33.2 Å². The first-order valence-electron chi connectivity index (χ1n) is 9.39. The molecule has 3 unspecified atom stereocenters. The Bertz CT molecular complexity index is 632. The lowest BCUT2D eigenvalue weighted by molar-refractivity contribution is -0.242. The van der Waals surface area contributed by atoms with Gasteiger partial charge >= 0.3 is 0 Å². The normalized spacial score (nSPS) is 36.8. The Balaban J connectivity index is 1.38. The van der Waals surface area contributed by atoms with Crippen LogP contribution in [0.3, 0.4) is 0 Å². The number of rotatable bonds is 6. The Labute approximate surface area is 159 Å². The highest BCUT2D eigenvalue weighted by molar-refractivity contribution is 5.13. The van der Waals surface area contributed by atoms with Crippen molar-refractivity contribution >= 4 is 0 Å². The summed E-state index contributed by atoms with van der Waals surface area (Å²) < 4.78 is 41.4. The summed E-state index contributed by atoms with van der Waals surface area (Å²) in [5, 5.41) is 0. The molecule has 150 valence electrons. The van der Waals surface area contributed by atoms with Gasteiger partial charge in [-0.2, -0.15) is 0 Å². The van der Waals surface area contributed by atoms with E-state index in [-0.39, 0.29) is 31.2 Å². The molecule has 3 fully saturated rings. The van der Waals surface area contributed by atoms with Gasteiger partial charge in [-0.3, -0.25) is 0 Å². The van der Waals surface area contributed by atoms with Crippen LogP contribution < -0.4 is 0 Å². The zero-order valence-electron chi connectivity index (χ0n) is 16.3. The second-order valence-electron chi connectivity index (χ2n) is 8.02. The van der Waals surface area contributed by atoms with Crippen molar-refractivity contribution in [3.05, 3.63) is 35.9 Å². The molecule has 3 heterocycles. The van der Waals surface area contributed by atoms with Crippen LogP contribution in [-0.2, 0) is 39.8 Å². The first kappa shape index (κ1) is 19.3. The lowest BCUT2D eigenvalue weighted by Gasteiger charge is -2.28. The Kier molecular flexibility index (Phi) is 5.28. The molecule has 0 radical (unpaired) electrons. The van der Waals surface area contributed by atoms with Crippen molar-refractivity contribution in [3.63, 3.8) is 0 Å². The molecule has 27 heavy (non-hydrogen) atoms. The highest BCUT2D eigenvalue weighted by atomic mass is 16.9. The molecule has 0 amide bonds. The molecule has 0 aromatic heterocycles. The topological polar surface area (TPSA) is 64.6 Å². The first-order valence-corrected chi connectivity index (χ1v) is 9.39. The van der Waals surface area contributed by atoms with Crippen LogP contribution in [0.1, 0.15) is 33.3 Å². The summed E-state index contributed by atoms with van der Waals surface area (Å²) >= 11 is 0. The molecular weight excluding hydrogens is 352 g/mol. The smallest absolute Gasteiger partial charge is 0.190 e. The average molecular weight is 380 g/mol. The molecule has 0 aliphatic carbocycles. The Morgan fingerprint density at radius 3 is 2.44 bits per heavy atom. The predicted octanol–water partition coefficient (Wildman–Crippen LogP) is 2.57. The van der Waals surface area contributed by atoms with Gasteiger partial charge in [-0.15, -0.1) is 0 Å². The quantitative estimate of drug-likeness (QED) is 0.555. The van der Waals surface area contributed by atoms with E-state index in [4.69, 9.17) is 33.2 Å². The van der Waals surface area contributed by atoms with Crippen molar-refractivity contribution in [2.24, 2.45) is 0 Å². The fourth-order valence-electron chi connectivity index (χ4n) is 3.73. The van der Waals surface area contributed by atoms with Crippen molar-refractivity contribution in [3.8, 4) is 0 Å². The van der Waals surface area contributed by atoms with Gasteiger partial charge in [-0.25, -0.2) is 0 Å². The van der Waals surface area contributed by atoms with Gasteiger partial charge in [0, 0.05) is 0 Å². The van der Waals surface area contributed by atoms with Crippen molar-refractivity contribution in [1.82, 2.24) is 0 Å². The lowest BCUT2D eigenvalue weighted by atomic mass is 10.1. The minimum Gasteiger partial charge on any atom is -0.351 e. The summed E-state index contributed by atoms with van der Waals surface area (Å²) in [6.45, 7) is 8.55. The Morgan fingerprint density at radius 1 is 0.963 bits per heavy atom. The minimum absolute atomic E-state index is 0.128. The molecule has 3 saturated heterocycles. The van der Waals surface area contributed by atoms with Crippen molar-refractivity contribution in [2.75, 3.05) is 13.4 Å². The monoisotopic (exact) mass is 380 g/mol. The van der Waals surface area contributed by atoms with Crippen LogP contribution in [0.25, 0.3) is 0 Å². The van der Waals surface area contributed by atoms with E-state index in [9.17, 15) is 0 Å². The highest BCUT2D eigenvalue weighted by Crippen LogP contribution is 2.41. The fraction of sp³-hybridized carbons (Fsp3) is 0.700. The SMILES string of the molecule is CC1(C)OCC([C@H]2O[C@@H]3OC(C)(C)OC3C2OCOCc2ccccc2)O1. The summed E-state index contributed by atoms with van der Waals surface area (Å²) in [6.07, 6.45) is -1.79. The first-order chi connectivity index (χ1) is 12.8. The van der Waals surface area contributed by atoms with Crippen LogP contribution in [0.4, 0.5) is 0 Å². The van der Waals surface area contributed by atoms with E-state index in [2.05, 4.69) is 0 Å². The van der Waals surface area contributed by atoms with E-state index in [0.717, 1.165) is 5.56 Å². The minimum atomic E-state index is -0.709. The Hall–Kier alpha value is -1.06. The molecule has 7 nitrogen and oxygen atoms in total. The predicted molar refractivity (Wildman–Crippen MR) is 94.6 cm³/mol.